The molecule has 19 nitrogen and oxygen atoms in total. The van der Waals surface area contributed by atoms with Gasteiger partial charge in [0.1, 0.15) is 48.8 Å². The summed E-state index contributed by atoms with van der Waals surface area (Å²) in [5.41, 5.74) is -1.27. The van der Waals surface area contributed by atoms with Crippen molar-refractivity contribution >= 4 is 5.97 Å². The summed E-state index contributed by atoms with van der Waals surface area (Å²) in [7, 11) is 6.76. The number of aliphatic hydroxyl groups excluding tert-OH is 3. The molecule has 5 heterocycles. The summed E-state index contributed by atoms with van der Waals surface area (Å²) in [6, 6.07) is 9.70. The maximum absolute atomic E-state index is 14.9. The van der Waals surface area contributed by atoms with E-state index in [0.29, 0.717) is 31.6 Å². The number of halogens is 1. The normalized spacial score (nSPS) is 38.5. The molecule has 1 aromatic carbocycles. The number of aliphatic hydroxyl groups is 5. The smallest absolute Gasteiger partial charge is 0.311 e. The highest BCUT2D eigenvalue weighted by atomic mass is 19.1. The molecule has 76 heavy (non-hydrogen) atoms. The number of hydrogen-bond acceptors (Lipinski definition) is 18. The van der Waals surface area contributed by atoms with Crippen molar-refractivity contribution in [3.8, 4) is 11.1 Å². The van der Waals surface area contributed by atoms with Crippen molar-refractivity contribution in [2.45, 2.75) is 204 Å². The van der Waals surface area contributed by atoms with Crippen LogP contribution < -0.4 is 0 Å². The molecule has 0 spiro atoms. The molecule has 0 bridgehead atoms. The molecule has 5 N–H and O–H groups in total. The fraction of sp³-hybridized carbons (Fsp3) is 0.750. The van der Waals surface area contributed by atoms with Crippen LogP contribution in [-0.4, -0.2) is 200 Å². The van der Waals surface area contributed by atoms with Crippen LogP contribution in [0.5, 0.6) is 0 Å². The van der Waals surface area contributed by atoms with E-state index in [4.69, 9.17) is 33.2 Å². The van der Waals surface area contributed by atoms with E-state index in [0.717, 1.165) is 16.7 Å². The first-order chi connectivity index (χ1) is 35.8. The first-order valence-corrected chi connectivity index (χ1v) is 27.1. The van der Waals surface area contributed by atoms with Crippen molar-refractivity contribution < 1.29 is 67.9 Å². The van der Waals surface area contributed by atoms with Gasteiger partial charge in [0.15, 0.2) is 12.6 Å². The summed E-state index contributed by atoms with van der Waals surface area (Å²) in [5, 5.41) is 68.6. The Morgan fingerprint density at radius 3 is 2.26 bits per heavy atom. The van der Waals surface area contributed by atoms with Gasteiger partial charge in [-0.2, -0.15) is 0 Å². The molecule has 0 radical (unpaired) electrons. The van der Waals surface area contributed by atoms with E-state index in [1.807, 2.05) is 74.1 Å². The average Bonchev–Trinajstić information content (AvgIpc) is 3.87. The van der Waals surface area contributed by atoms with Gasteiger partial charge in [-0.1, -0.05) is 56.3 Å². The Bertz CT molecular complexity index is 2260. The molecule has 2 aromatic heterocycles. The molecule has 428 valence electrons. The number of pyridine rings is 1. The topological polar surface area (TPSA) is 233 Å². The molecular formula is C56H89FN6O13. The van der Waals surface area contributed by atoms with E-state index in [1.54, 1.807) is 74.2 Å². The molecular weight excluding hydrogens is 984 g/mol. The van der Waals surface area contributed by atoms with Gasteiger partial charge in [0, 0.05) is 76.7 Å². The van der Waals surface area contributed by atoms with E-state index in [2.05, 4.69) is 15.3 Å². The van der Waals surface area contributed by atoms with Crippen molar-refractivity contribution in [2.75, 3.05) is 48.1 Å². The third-order valence-electron chi connectivity index (χ3n) is 16.7. The van der Waals surface area contributed by atoms with Gasteiger partial charge in [-0.3, -0.25) is 9.78 Å². The number of rotatable bonds is 16. The zero-order chi connectivity index (χ0) is 56.0. The number of ether oxygens (including phenoxy) is 7. The second kappa shape index (κ2) is 26.1. The Kier molecular flexibility index (Phi) is 21.2. The number of methoxy groups -OCH3 is 2. The van der Waals surface area contributed by atoms with E-state index in [-0.39, 0.29) is 25.2 Å². The van der Waals surface area contributed by atoms with Crippen LogP contribution in [-0.2, 0) is 44.4 Å². The van der Waals surface area contributed by atoms with E-state index in [1.165, 1.54) is 18.7 Å². The Morgan fingerprint density at radius 2 is 1.64 bits per heavy atom. The summed E-state index contributed by atoms with van der Waals surface area (Å²) in [5.74, 6) is -2.88. The summed E-state index contributed by atoms with van der Waals surface area (Å²) in [6.45, 7) is 17.5. The van der Waals surface area contributed by atoms with Crippen LogP contribution in [0.1, 0.15) is 118 Å². The quantitative estimate of drug-likeness (QED) is 0.118. The molecule has 3 saturated heterocycles. The minimum atomic E-state index is -1.85. The maximum Gasteiger partial charge on any atom is 0.311 e. The Balaban J connectivity index is 1.25. The highest BCUT2D eigenvalue weighted by molar-refractivity contribution is 5.73. The van der Waals surface area contributed by atoms with Crippen LogP contribution in [0.15, 0.2) is 55.0 Å². The Labute approximate surface area is 449 Å². The molecule has 6 rings (SSSR count). The number of benzene rings is 1. The lowest BCUT2D eigenvalue weighted by Gasteiger charge is -2.49. The number of carbonyl (C=O) groups is 1. The van der Waals surface area contributed by atoms with Crippen molar-refractivity contribution in [2.24, 2.45) is 17.8 Å². The zero-order valence-electron chi connectivity index (χ0n) is 47.2. The SMILES string of the molecule is CC[C@H]1OC(=O)[C@H](C)[C@@H](O[C@H]2C[C@@](C)(OC)[C@@H](O)[C@H](C)O2)[C@H](C)[C@@H](O[C@@H]2O[C@H](C)C[C@H](N(C)CCc3cn([C@H](CF)[C@H](OC)c4ccc(-c5cccnc5)cc4)nn3)[C@H]2O)[C@](C)(O)C[C@@H](C)CN(C)[C@H](C)[C@@H](O)[C@]1(C)O. The van der Waals surface area contributed by atoms with Crippen LogP contribution in [0, 0.1) is 17.8 Å². The van der Waals surface area contributed by atoms with Gasteiger partial charge in [-0.05, 0) is 110 Å². The Hall–Kier alpha value is -3.61. The highest BCUT2D eigenvalue weighted by Gasteiger charge is 2.53. The Morgan fingerprint density at radius 1 is 0.947 bits per heavy atom. The molecule has 20 atom stereocenters. The van der Waals surface area contributed by atoms with Gasteiger partial charge in [0.25, 0.3) is 0 Å². The van der Waals surface area contributed by atoms with Crippen LogP contribution in [0.3, 0.4) is 0 Å². The number of aromatic nitrogens is 4. The average molecular weight is 1070 g/mol. The number of esters is 1. The summed E-state index contributed by atoms with van der Waals surface area (Å²) in [4.78, 5) is 22.6. The summed E-state index contributed by atoms with van der Waals surface area (Å²) >= 11 is 0. The predicted molar refractivity (Wildman–Crippen MR) is 281 cm³/mol. The number of likely N-dealkylation sites (N-methyl/N-ethyl adjacent to an activating group) is 2. The standard InChI is InChI=1S/C56H89FN6O13/c1-15-44-56(10,69)49(65)36(6)62(12)30-32(2)26-54(8,68)51(34(4)47(35(5)52(67)74-44)75-45-27-55(9,71-14)50(66)37(7)73-45)76-53-46(64)42(25-33(3)72-53)61(11)24-22-41-31-63(60-59-41)43(28-57)48(70-13)39-20-18-38(19-21-39)40-17-16-23-58-29-40/h16-21,23,29,31-37,42-51,53,64-66,68-69H,15,22,24-28,30H2,1-14H3/t32-,33-,34+,35-,36-,37+,42+,43-,44-,45+,46-,47+,48-,49-,50+,51-,53+,54-,55-,56-/m1/s1. The van der Waals surface area contributed by atoms with Crippen LogP contribution in [0.4, 0.5) is 4.39 Å². The van der Waals surface area contributed by atoms with E-state index >= 15 is 0 Å². The predicted octanol–water partition coefficient (Wildman–Crippen LogP) is 5.07. The molecule has 0 aliphatic carbocycles. The second-order valence-electron chi connectivity index (χ2n) is 22.9. The van der Waals surface area contributed by atoms with Crippen molar-refractivity contribution in [3.05, 3.63) is 66.2 Å². The number of hydrogen-bond donors (Lipinski definition) is 5. The van der Waals surface area contributed by atoms with Crippen molar-refractivity contribution in [1.29, 1.82) is 0 Å². The summed E-state index contributed by atoms with van der Waals surface area (Å²) < 4.78 is 60.6. The van der Waals surface area contributed by atoms with Gasteiger partial charge >= 0.3 is 5.97 Å². The van der Waals surface area contributed by atoms with Crippen molar-refractivity contribution in [3.63, 3.8) is 0 Å². The lowest BCUT2D eigenvalue weighted by atomic mass is 9.77. The van der Waals surface area contributed by atoms with Gasteiger partial charge < -0.3 is 68.5 Å². The maximum atomic E-state index is 14.9. The number of carbonyl (C=O) groups excluding carboxylic acids is 1. The molecule has 0 saturated carbocycles. The number of alkyl halides is 1. The lowest BCUT2D eigenvalue weighted by Crippen LogP contribution is -2.61. The van der Waals surface area contributed by atoms with Gasteiger partial charge in [0.05, 0.1) is 47.2 Å². The third-order valence-corrected chi connectivity index (χ3v) is 16.7. The highest BCUT2D eigenvalue weighted by Crippen LogP contribution is 2.41. The molecule has 3 aliphatic heterocycles. The minimum absolute atomic E-state index is 0.0837. The molecule has 0 amide bonds. The van der Waals surface area contributed by atoms with Crippen molar-refractivity contribution in [1.82, 2.24) is 29.8 Å². The first kappa shape index (κ1) is 61.6. The summed E-state index contributed by atoms with van der Waals surface area (Å²) in [6.07, 6.45) is -4.49. The van der Waals surface area contributed by atoms with Gasteiger partial charge in [0.2, 0.25) is 0 Å². The van der Waals surface area contributed by atoms with Crippen LogP contribution in [0.2, 0.25) is 0 Å². The molecule has 3 fully saturated rings. The second-order valence-corrected chi connectivity index (χ2v) is 22.9. The first-order valence-electron chi connectivity index (χ1n) is 27.1. The van der Waals surface area contributed by atoms with Gasteiger partial charge in [-0.25, -0.2) is 9.07 Å². The van der Waals surface area contributed by atoms with Crippen LogP contribution in [0.25, 0.3) is 11.1 Å². The lowest BCUT2D eigenvalue weighted by molar-refractivity contribution is -0.318. The van der Waals surface area contributed by atoms with E-state index in [9.17, 15) is 34.7 Å². The van der Waals surface area contributed by atoms with E-state index < -0.39 is 127 Å². The largest absolute Gasteiger partial charge is 0.459 e. The molecule has 20 heteroatoms. The fourth-order valence-corrected chi connectivity index (χ4v) is 11.9. The zero-order valence-corrected chi connectivity index (χ0v) is 47.2. The minimum Gasteiger partial charge on any atom is -0.459 e. The van der Waals surface area contributed by atoms with Crippen LogP contribution >= 0.6 is 0 Å². The number of nitrogens with zero attached hydrogens (tertiary/aromatic N) is 6. The molecule has 3 aromatic rings. The monoisotopic (exact) mass is 1070 g/mol. The third kappa shape index (κ3) is 14.0. The molecule has 0 unspecified atom stereocenters. The fourth-order valence-electron chi connectivity index (χ4n) is 11.9. The molecule has 3 aliphatic rings. The van der Waals surface area contributed by atoms with Gasteiger partial charge in [-0.15, -0.1) is 5.10 Å². The number of cyclic esters (lactones) is 1.